The van der Waals surface area contributed by atoms with E-state index in [1.165, 1.54) is 0 Å². The van der Waals surface area contributed by atoms with Crippen molar-refractivity contribution in [3.8, 4) is 6.07 Å². The van der Waals surface area contributed by atoms with Crippen molar-refractivity contribution in [2.45, 2.75) is 39.2 Å². The van der Waals surface area contributed by atoms with Gasteiger partial charge < -0.3 is 4.90 Å². The third kappa shape index (κ3) is 5.49. The average Bonchev–Trinajstić information content (AvgIpc) is 2.48. The predicted molar refractivity (Wildman–Crippen MR) is 89.0 cm³/mol. The molecule has 0 radical (unpaired) electrons. The van der Waals surface area contributed by atoms with Gasteiger partial charge in [-0.05, 0) is 37.9 Å². The molecule has 21 heavy (non-hydrogen) atoms. The second-order valence-corrected chi connectivity index (χ2v) is 6.22. The largest absolute Gasteiger partial charge is 0.306 e. The molecule has 3 heteroatoms. The first-order chi connectivity index (χ1) is 10.0. The van der Waals surface area contributed by atoms with Crippen molar-refractivity contribution >= 4 is 0 Å². The van der Waals surface area contributed by atoms with Crippen molar-refractivity contribution in [3.63, 3.8) is 0 Å². The first-order valence-electron chi connectivity index (χ1n) is 7.94. The molecule has 0 bridgehead atoms. The summed E-state index contributed by atoms with van der Waals surface area (Å²) >= 11 is 0. The lowest BCUT2D eigenvalue weighted by molar-refractivity contribution is 0.257. The SMILES string of the molecule is CCCNC(C#N)(CCN(C)CC(C)C)c1ccccc1. The lowest BCUT2D eigenvalue weighted by Gasteiger charge is -2.31. The first-order valence-corrected chi connectivity index (χ1v) is 7.94. The summed E-state index contributed by atoms with van der Waals surface area (Å²) in [5, 5.41) is 13.3. The number of hydrogen-bond acceptors (Lipinski definition) is 3. The highest BCUT2D eigenvalue weighted by Crippen LogP contribution is 2.25. The van der Waals surface area contributed by atoms with Crippen LogP contribution >= 0.6 is 0 Å². The molecule has 0 spiro atoms. The Morgan fingerprint density at radius 1 is 1.29 bits per heavy atom. The van der Waals surface area contributed by atoms with E-state index in [0.717, 1.165) is 38.0 Å². The van der Waals surface area contributed by atoms with E-state index in [9.17, 15) is 5.26 Å². The van der Waals surface area contributed by atoms with E-state index in [2.05, 4.69) is 44.1 Å². The molecule has 0 heterocycles. The summed E-state index contributed by atoms with van der Waals surface area (Å²) < 4.78 is 0. The first kappa shape index (κ1) is 17.7. The Balaban J connectivity index is 2.84. The zero-order chi connectivity index (χ0) is 15.7. The maximum absolute atomic E-state index is 9.82. The van der Waals surface area contributed by atoms with Crippen LogP contribution in [0.3, 0.4) is 0 Å². The summed E-state index contributed by atoms with van der Waals surface area (Å²) in [6.07, 6.45) is 1.83. The molecule has 0 amide bonds. The molecule has 0 saturated heterocycles. The van der Waals surface area contributed by atoms with Crippen molar-refractivity contribution in [2.24, 2.45) is 5.92 Å². The molecule has 0 fully saturated rings. The van der Waals surface area contributed by atoms with Gasteiger partial charge in [0.15, 0.2) is 0 Å². The van der Waals surface area contributed by atoms with Crippen molar-refractivity contribution < 1.29 is 0 Å². The highest BCUT2D eigenvalue weighted by Gasteiger charge is 2.31. The third-order valence-corrected chi connectivity index (χ3v) is 3.68. The van der Waals surface area contributed by atoms with Crippen LogP contribution in [0, 0.1) is 17.2 Å². The van der Waals surface area contributed by atoms with Gasteiger partial charge >= 0.3 is 0 Å². The molecular formula is C18H29N3. The molecule has 1 aromatic carbocycles. The van der Waals surface area contributed by atoms with Crippen LogP contribution in [-0.2, 0) is 5.54 Å². The van der Waals surface area contributed by atoms with Gasteiger partial charge in [-0.15, -0.1) is 0 Å². The zero-order valence-corrected chi connectivity index (χ0v) is 13.9. The maximum Gasteiger partial charge on any atom is 0.133 e. The van der Waals surface area contributed by atoms with Crippen LogP contribution in [0.2, 0.25) is 0 Å². The molecule has 1 atom stereocenters. The van der Waals surface area contributed by atoms with E-state index in [-0.39, 0.29) is 0 Å². The summed E-state index contributed by atoms with van der Waals surface area (Å²) in [5.41, 5.74) is 0.488. The molecule has 0 aliphatic carbocycles. The summed E-state index contributed by atoms with van der Waals surface area (Å²) in [4.78, 5) is 2.31. The molecule has 1 N–H and O–H groups in total. The third-order valence-electron chi connectivity index (χ3n) is 3.68. The minimum Gasteiger partial charge on any atom is -0.306 e. The predicted octanol–water partition coefficient (Wildman–Crippen LogP) is 3.38. The number of hydrogen-bond donors (Lipinski definition) is 1. The Labute approximate surface area is 130 Å². The van der Waals surface area contributed by atoms with E-state index < -0.39 is 5.54 Å². The molecule has 0 aromatic heterocycles. The molecule has 3 nitrogen and oxygen atoms in total. The second-order valence-electron chi connectivity index (χ2n) is 6.22. The molecule has 0 aliphatic heterocycles. The second kappa shape index (κ2) is 8.81. The molecule has 0 saturated carbocycles. The monoisotopic (exact) mass is 287 g/mol. The Kier molecular flexibility index (Phi) is 7.42. The Bertz CT molecular complexity index is 436. The quantitative estimate of drug-likeness (QED) is 0.757. The maximum atomic E-state index is 9.82. The summed E-state index contributed by atoms with van der Waals surface area (Å²) in [6.45, 7) is 9.41. The minimum absolute atomic E-state index is 0.581. The number of nitrogens with zero attached hydrogens (tertiary/aromatic N) is 2. The van der Waals surface area contributed by atoms with E-state index in [0.29, 0.717) is 5.92 Å². The van der Waals surface area contributed by atoms with Gasteiger partial charge in [-0.1, -0.05) is 51.1 Å². The standard InChI is InChI=1S/C18H29N3/c1-5-12-20-18(15-19,17-9-7-6-8-10-17)11-13-21(4)14-16(2)3/h6-10,16,20H,5,11-14H2,1-4H3. The van der Waals surface area contributed by atoms with Crippen molar-refractivity contribution in [2.75, 3.05) is 26.7 Å². The van der Waals surface area contributed by atoms with Gasteiger partial charge in [0.1, 0.15) is 5.54 Å². The van der Waals surface area contributed by atoms with Crippen molar-refractivity contribution in [3.05, 3.63) is 35.9 Å². The van der Waals surface area contributed by atoms with Crippen LogP contribution < -0.4 is 5.32 Å². The Hall–Kier alpha value is -1.37. The molecule has 116 valence electrons. The fourth-order valence-electron chi connectivity index (χ4n) is 2.63. The fourth-order valence-corrected chi connectivity index (χ4v) is 2.63. The lowest BCUT2D eigenvalue weighted by Crippen LogP contribution is -2.44. The lowest BCUT2D eigenvalue weighted by atomic mass is 9.87. The molecule has 1 aromatic rings. The topological polar surface area (TPSA) is 39.1 Å². The van der Waals surface area contributed by atoms with E-state index in [1.807, 2.05) is 30.3 Å². The molecule has 0 aliphatic rings. The van der Waals surface area contributed by atoms with Crippen LogP contribution in [0.4, 0.5) is 0 Å². The number of nitrogens with one attached hydrogen (secondary N) is 1. The fraction of sp³-hybridized carbons (Fsp3) is 0.611. The van der Waals surface area contributed by atoms with Gasteiger partial charge in [0.2, 0.25) is 0 Å². The van der Waals surface area contributed by atoms with Gasteiger partial charge in [-0.2, -0.15) is 5.26 Å². The van der Waals surface area contributed by atoms with Gasteiger partial charge in [-0.25, -0.2) is 0 Å². The van der Waals surface area contributed by atoms with Gasteiger partial charge in [-0.3, -0.25) is 5.32 Å². The van der Waals surface area contributed by atoms with Crippen molar-refractivity contribution in [1.29, 1.82) is 5.26 Å². The minimum atomic E-state index is -0.581. The molecular weight excluding hydrogens is 258 g/mol. The molecule has 1 unspecified atom stereocenters. The smallest absolute Gasteiger partial charge is 0.133 e. The number of rotatable bonds is 9. The molecule has 1 rings (SSSR count). The van der Waals surface area contributed by atoms with Crippen LogP contribution in [-0.4, -0.2) is 31.6 Å². The highest BCUT2D eigenvalue weighted by atomic mass is 15.1. The average molecular weight is 287 g/mol. The van der Waals surface area contributed by atoms with E-state index >= 15 is 0 Å². The van der Waals surface area contributed by atoms with E-state index in [4.69, 9.17) is 0 Å². The van der Waals surface area contributed by atoms with Crippen LogP contribution in [0.1, 0.15) is 39.2 Å². The van der Waals surface area contributed by atoms with Gasteiger partial charge in [0.05, 0.1) is 6.07 Å². The zero-order valence-electron chi connectivity index (χ0n) is 13.9. The summed E-state index contributed by atoms with van der Waals surface area (Å²) in [7, 11) is 2.13. The van der Waals surface area contributed by atoms with Crippen LogP contribution in [0.15, 0.2) is 30.3 Å². The number of nitriles is 1. The Morgan fingerprint density at radius 2 is 1.95 bits per heavy atom. The van der Waals surface area contributed by atoms with Crippen LogP contribution in [0.5, 0.6) is 0 Å². The summed E-state index contributed by atoms with van der Waals surface area (Å²) in [6, 6.07) is 12.6. The van der Waals surface area contributed by atoms with Crippen LogP contribution in [0.25, 0.3) is 0 Å². The highest BCUT2D eigenvalue weighted by molar-refractivity contribution is 5.31. The normalized spacial score (nSPS) is 14.1. The number of benzene rings is 1. The summed E-state index contributed by atoms with van der Waals surface area (Å²) in [5.74, 6) is 0.645. The van der Waals surface area contributed by atoms with Gasteiger partial charge in [0.25, 0.3) is 0 Å². The Morgan fingerprint density at radius 3 is 2.48 bits per heavy atom. The van der Waals surface area contributed by atoms with Crippen molar-refractivity contribution in [1.82, 2.24) is 10.2 Å². The van der Waals surface area contributed by atoms with E-state index in [1.54, 1.807) is 0 Å². The van der Waals surface area contributed by atoms with Gasteiger partial charge in [0, 0.05) is 13.1 Å².